The van der Waals surface area contributed by atoms with Gasteiger partial charge >= 0.3 is 5.97 Å². The second kappa shape index (κ2) is 10.0. The number of carbonyl (C=O) groups excluding carboxylic acids is 1. The van der Waals surface area contributed by atoms with Crippen molar-refractivity contribution in [2.75, 3.05) is 0 Å². The quantitative estimate of drug-likeness (QED) is 0.301. The number of carboxylic acid groups (broad SMARTS) is 1. The van der Waals surface area contributed by atoms with Gasteiger partial charge in [-0.3, -0.25) is 20.1 Å². The van der Waals surface area contributed by atoms with Crippen LogP contribution in [0.2, 0.25) is 0 Å². The average molecular weight is 401 g/mol. The smallest absolute Gasteiger partial charge is 0.321 e. The Labute approximate surface area is 172 Å². The minimum atomic E-state index is -0.741. The number of carboxylic acids is 1. The van der Waals surface area contributed by atoms with Crippen LogP contribution in [0.15, 0.2) is 30.3 Å². The van der Waals surface area contributed by atoms with Gasteiger partial charge in [-0.25, -0.2) is 5.48 Å². The van der Waals surface area contributed by atoms with Crippen LogP contribution < -0.4 is 10.8 Å². The Kier molecular flexibility index (Phi) is 7.45. The molecule has 29 heavy (non-hydrogen) atoms. The molecular weight excluding hydrogens is 368 g/mol. The van der Waals surface area contributed by atoms with Crippen LogP contribution >= 0.6 is 0 Å². The standard InChI is InChI=1S/C23H32N2O4/c26-20(25-29)12-11-17-7-6-8-18(15-17)16-24-21(22(27)28)23(13-4-1-5-14-23)19-9-2-3-10-19/h6-8,11-12,15,19,21,24,29H,1-5,9-10,13-14,16H2,(H,25,26)(H,27,28)/t21-/m1/s1. The summed E-state index contributed by atoms with van der Waals surface area (Å²) in [5, 5.41) is 22.1. The molecule has 1 amide bonds. The molecule has 1 atom stereocenters. The number of nitrogens with one attached hydrogen (secondary N) is 2. The molecule has 2 aliphatic rings. The van der Waals surface area contributed by atoms with Gasteiger partial charge in [-0.1, -0.05) is 56.4 Å². The molecule has 6 heteroatoms. The Hall–Kier alpha value is -2.18. The van der Waals surface area contributed by atoms with Crippen molar-refractivity contribution >= 4 is 18.0 Å². The summed E-state index contributed by atoms with van der Waals surface area (Å²) in [4.78, 5) is 23.5. The summed E-state index contributed by atoms with van der Waals surface area (Å²) < 4.78 is 0. The van der Waals surface area contributed by atoms with Crippen LogP contribution in [0.25, 0.3) is 6.08 Å². The highest BCUT2D eigenvalue weighted by Crippen LogP contribution is 2.51. The van der Waals surface area contributed by atoms with Gasteiger partial charge < -0.3 is 5.11 Å². The first-order valence-electron chi connectivity index (χ1n) is 10.7. The van der Waals surface area contributed by atoms with Gasteiger partial charge in [-0.2, -0.15) is 0 Å². The van der Waals surface area contributed by atoms with Crippen molar-refractivity contribution in [2.45, 2.75) is 70.4 Å². The van der Waals surface area contributed by atoms with E-state index in [0.717, 1.165) is 49.7 Å². The molecule has 0 heterocycles. The zero-order valence-corrected chi connectivity index (χ0v) is 16.9. The second-order valence-corrected chi connectivity index (χ2v) is 8.48. The monoisotopic (exact) mass is 400 g/mol. The van der Waals surface area contributed by atoms with E-state index >= 15 is 0 Å². The van der Waals surface area contributed by atoms with Gasteiger partial charge in [0.1, 0.15) is 6.04 Å². The lowest BCUT2D eigenvalue weighted by molar-refractivity contribution is -0.146. The van der Waals surface area contributed by atoms with Crippen LogP contribution in [0.5, 0.6) is 0 Å². The van der Waals surface area contributed by atoms with E-state index in [0.29, 0.717) is 12.5 Å². The van der Waals surface area contributed by atoms with Crippen molar-refractivity contribution in [2.24, 2.45) is 11.3 Å². The minimum Gasteiger partial charge on any atom is -0.480 e. The lowest BCUT2D eigenvalue weighted by atomic mass is 9.61. The highest BCUT2D eigenvalue weighted by atomic mass is 16.5. The Morgan fingerprint density at radius 3 is 2.52 bits per heavy atom. The van der Waals surface area contributed by atoms with Gasteiger partial charge in [-0.15, -0.1) is 0 Å². The number of rotatable bonds is 8. The Balaban J connectivity index is 1.74. The number of amides is 1. The molecule has 0 saturated heterocycles. The molecular formula is C23H32N2O4. The molecule has 0 spiro atoms. The molecule has 0 aromatic heterocycles. The van der Waals surface area contributed by atoms with Crippen molar-refractivity contribution in [1.29, 1.82) is 0 Å². The molecule has 2 aliphatic carbocycles. The Bertz CT molecular complexity index is 734. The number of hydrogen-bond acceptors (Lipinski definition) is 4. The van der Waals surface area contributed by atoms with Gasteiger partial charge in [0.05, 0.1) is 0 Å². The molecule has 3 rings (SSSR count). The fourth-order valence-electron chi connectivity index (χ4n) is 5.42. The molecule has 1 aromatic rings. The molecule has 0 radical (unpaired) electrons. The number of aliphatic carboxylic acids is 1. The maximum Gasteiger partial charge on any atom is 0.321 e. The zero-order valence-electron chi connectivity index (χ0n) is 16.9. The van der Waals surface area contributed by atoms with Crippen molar-refractivity contribution in [3.63, 3.8) is 0 Å². The Morgan fingerprint density at radius 1 is 1.14 bits per heavy atom. The molecule has 6 nitrogen and oxygen atoms in total. The minimum absolute atomic E-state index is 0.142. The summed E-state index contributed by atoms with van der Waals surface area (Å²) in [6.07, 6.45) is 13.1. The summed E-state index contributed by atoms with van der Waals surface area (Å²) in [5.41, 5.74) is 3.22. The van der Waals surface area contributed by atoms with Crippen LogP contribution in [-0.4, -0.2) is 28.2 Å². The summed E-state index contributed by atoms with van der Waals surface area (Å²) in [6, 6.07) is 7.09. The van der Waals surface area contributed by atoms with E-state index in [1.165, 1.54) is 25.3 Å². The normalized spacial score (nSPS) is 20.6. The third-order valence-electron chi connectivity index (χ3n) is 6.77. The molecule has 0 bridgehead atoms. The predicted molar refractivity (Wildman–Crippen MR) is 111 cm³/mol. The van der Waals surface area contributed by atoms with Crippen LogP contribution in [0.4, 0.5) is 0 Å². The number of hydrogen-bond donors (Lipinski definition) is 4. The van der Waals surface area contributed by atoms with Crippen molar-refractivity contribution in [3.8, 4) is 0 Å². The molecule has 2 fully saturated rings. The van der Waals surface area contributed by atoms with Gasteiger partial charge in [-0.05, 0) is 54.2 Å². The molecule has 0 aliphatic heterocycles. The maximum absolute atomic E-state index is 12.3. The second-order valence-electron chi connectivity index (χ2n) is 8.48. The van der Waals surface area contributed by atoms with Crippen LogP contribution in [0.1, 0.15) is 68.9 Å². The third-order valence-corrected chi connectivity index (χ3v) is 6.77. The van der Waals surface area contributed by atoms with Gasteiger partial charge in [0.15, 0.2) is 0 Å². The van der Waals surface area contributed by atoms with E-state index < -0.39 is 17.9 Å². The summed E-state index contributed by atoms with van der Waals surface area (Å²) in [6.45, 7) is 0.472. The molecule has 2 saturated carbocycles. The van der Waals surface area contributed by atoms with E-state index in [2.05, 4.69) is 5.32 Å². The van der Waals surface area contributed by atoms with Crippen molar-refractivity contribution < 1.29 is 19.9 Å². The zero-order chi connectivity index (χ0) is 20.7. The summed E-state index contributed by atoms with van der Waals surface area (Å²) >= 11 is 0. The van der Waals surface area contributed by atoms with E-state index in [9.17, 15) is 14.7 Å². The highest BCUT2D eigenvalue weighted by molar-refractivity contribution is 5.90. The maximum atomic E-state index is 12.3. The number of hydroxylamine groups is 1. The first-order valence-corrected chi connectivity index (χ1v) is 10.7. The third kappa shape index (κ3) is 5.25. The van der Waals surface area contributed by atoms with Gasteiger partial charge in [0.25, 0.3) is 5.91 Å². The fourth-order valence-corrected chi connectivity index (χ4v) is 5.42. The lowest BCUT2D eigenvalue weighted by Gasteiger charge is -2.46. The van der Waals surface area contributed by atoms with Crippen molar-refractivity contribution in [3.05, 3.63) is 41.5 Å². The van der Waals surface area contributed by atoms with Gasteiger partial charge in [0.2, 0.25) is 0 Å². The highest BCUT2D eigenvalue weighted by Gasteiger charge is 2.49. The lowest BCUT2D eigenvalue weighted by Crippen LogP contribution is -2.54. The van der Waals surface area contributed by atoms with Gasteiger partial charge in [0, 0.05) is 12.6 Å². The predicted octanol–water partition coefficient (Wildman–Crippen LogP) is 3.89. The fraction of sp³-hybridized carbons (Fsp3) is 0.565. The Morgan fingerprint density at radius 2 is 1.86 bits per heavy atom. The van der Waals surface area contributed by atoms with E-state index in [4.69, 9.17) is 5.21 Å². The molecule has 158 valence electrons. The van der Waals surface area contributed by atoms with Crippen LogP contribution in [0.3, 0.4) is 0 Å². The summed E-state index contributed by atoms with van der Waals surface area (Å²) in [5.74, 6) is -0.826. The van der Waals surface area contributed by atoms with Crippen LogP contribution in [0, 0.1) is 11.3 Å². The molecule has 4 N–H and O–H groups in total. The van der Waals surface area contributed by atoms with Crippen molar-refractivity contribution in [1.82, 2.24) is 10.8 Å². The van der Waals surface area contributed by atoms with E-state index in [1.54, 1.807) is 11.6 Å². The molecule has 1 aromatic carbocycles. The van der Waals surface area contributed by atoms with E-state index in [1.807, 2.05) is 24.3 Å². The average Bonchev–Trinajstić information content (AvgIpc) is 3.28. The number of benzene rings is 1. The first kappa shape index (κ1) is 21.5. The molecule has 0 unspecified atom stereocenters. The topological polar surface area (TPSA) is 98.7 Å². The van der Waals surface area contributed by atoms with E-state index in [-0.39, 0.29) is 5.41 Å². The first-order chi connectivity index (χ1) is 14.0. The van der Waals surface area contributed by atoms with Crippen LogP contribution in [-0.2, 0) is 16.1 Å². The number of carbonyl (C=O) groups is 2. The SMILES string of the molecule is O=C(C=Cc1cccc(CN[C@H](C(=O)O)C2(C3CCCC3)CCCCC2)c1)NO. The largest absolute Gasteiger partial charge is 0.480 e. The summed E-state index contributed by atoms with van der Waals surface area (Å²) in [7, 11) is 0.